The first-order valence-electron chi connectivity index (χ1n) is 6.04. The van der Waals surface area contributed by atoms with Gasteiger partial charge in [-0.2, -0.15) is 0 Å². The number of fused-ring (bicyclic) bond motifs is 2. The van der Waals surface area contributed by atoms with E-state index in [-0.39, 0.29) is 17.2 Å². The minimum atomic E-state index is -0.204. The molecule has 0 saturated heterocycles. The zero-order chi connectivity index (χ0) is 13.7. The van der Waals surface area contributed by atoms with Crippen molar-refractivity contribution in [1.82, 2.24) is 5.16 Å². The highest BCUT2D eigenvalue weighted by Gasteiger charge is 2.29. The number of aliphatic imine (C=N–C) groups is 1. The first kappa shape index (κ1) is 10.9. The van der Waals surface area contributed by atoms with Crippen molar-refractivity contribution in [3.8, 4) is 5.75 Å². The number of hydrogen-bond acceptors (Lipinski definition) is 5. The number of phenols is 1. The van der Waals surface area contributed by atoms with Crippen LogP contribution in [0.4, 0.5) is 5.69 Å². The average molecular weight is 264 g/mol. The second kappa shape index (κ2) is 3.77. The molecule has 5 heteroatoms. The van der Waals surface area contributed by atoms with Crippen LogP contribution < -0.4 is 0 Å². The van der Waals surface area contributed by atoms with Crippen molar-refractivity contribution in [2.24, 2.45) is 4.99 Å². The van der Waals surface area contributed by atoms with Crippen LogP contribution in [0, 0.1) is 0 Å². The standard InChI is InChI=1S/C15H8N2O3/c18-12-6-5-11-9(7-20-17-11)13(12)14-15(19)8-3-1-2-4-10(8)16-14/h1-7,18H. The molecule has 2 heterocycles. The van der Waals surface area contributed by atoms with Gasteiger partial charge in [0.2, 0.25) is 5.78 Å². The van der Waals surface area contributed by atoms with Gasteiger partial charge in [0.05, 0.1) is 16.6 Å². The molecule has 96 valence electrons. The third-order valence-electron chi connectivity index (χ3n) is 3.35. The molecule has 0 spiro atoms. The molecule has 0 bridgehead atoms. The Balaban J connectivity index is 2.00. The van der Waals surface area contributed by atoms with Gasteiger partial charge in [-0.05, 0) is 24.3 Å². The number of aromatic nitrogens is 1. The Kier molecular flexibility index (Phi) is 2.06. The number of para-hydroxylation sites is 1. The molecule has 3 aromatic rings. The highest BCUT2D eigenvalue weighted by molar-refractivity contribution is 6.56. The predicted molar refractivity (Wildman–Crippen MR) is 72.6 cm³/mol. The van der Waals surface area contributed by atoms with Gasteiger partial charge < -0.3 is 9.63 Å². The van der Waals surface area contributed by atoms with Crippen molar-refractivity contribution in [2.45, 2.75) is 0 Å². The van der Waals surface area contributed by atoms with Gasteiger partial charge in [0.25, 0.3) is 0 Å². The summed E-state index contributed by atoms with van der Waals surface area (Å²) < 4.78 is 4.91. The van der Waals surface area contributed by atoms with Crippen molar-refractivity contribution in [2.75, 3.05) is 0 Å². The number of ketones is 1. The number of nitrogens with zero attached hydrogens (tertiary/aromatic N) is 2. The van der Waals surface area contributed by atoms with Gasteiger partial charge in [0, 0.05) is 5.56 Å². The van der Waals surface area contributed by atoms with Crippen molar-refractivity contribution >= 4 is 28.1 Å². The Bertz CT molecular complexity index is 893. The van der Waals surface area contributed by atoms with Crippen LogP contribution >= 0.6 is 0 Å². The largest absolute Gasteiger partial charge is 0.507 e. The summed E-state index contributed by atoms with van der Waals surface area (Å²) in [4.78, 5) is 16.8. The van der Waals surface area contributed by atoms with Crippen molar-refractivity contribution in [1.29, 1.82) is 0 Å². The molecule has 0 aliphatic carbocycles. The highest BCUT2D eigenvalue weighted by Crippen LogP contribution is 2.34. The predicted octanol–water partition coefficient (Wildman–Crippen LogP) is 2.85. The maximum absolute atomic E-state index is 12.4. The molecule has 5 nitrogen and oxygen atoms in total. The molecule has 1 aromatic heterocycles. The summed E-state index contributed by atoms with van der Waals surface area (Å²) >= 11 is 0. The number of benzene rings is 2. The van der Waals surface area contributed by atoms with Crippen molar-refractivity contribution < 1.29 is 14.4 Å². The van der Waals surface area contributed by atoms with Crippen LogP contribution in [0.2, 0.25) is 0 Å². The topological polar surface area (TPSA) is 75.7 Å². The van der Waals surface area contributed by atoms with Crippen molar-refractivity contribution in [3.05, 3.63) is 53.8 Å². The number of rotatable bonds is 1. The third kappa shape index (κ3) is 1.34. The Labute approximate surface area is 113 Å². The number of carbonyl (C=O) groups excluding carboxylic acids is 1. The van der Waals surface area contributed by atoms with E-state index in [1.54, 1.807) is 24.3 Å². The minimum absolute atomic E-state index is 0.0133. The molecular weight excluding hydrogens is 256 g/mol. The summed E-state index contributed by atoms with van der Waals surface area (Å²) in [5.74, 6) is -0.217. The zero-order valence-electron chi connectivity index (χ0n) is 10.2. The van der Waals surface area contributed by atoms with E-state index in [9.17, 15) is 9.90 Å². The molecule has 0 fully saturated rings. The second-order valence-corrected chi connectivity index (χ2v) is 4.51. The summed E-state index contributed by atoms with van der Waals surface area (Å²) in [5.41, 5.74) is 2.31. The Hall–Kier alpha value is -2.95. The Morgan fingerprint density at radius 2 is 1.95 bits per heavy atom. The fraction of sp³-hybridized carbons (Fsp3) is 0. The van der Waals surface area contributed by atoms with E-state index in [1.807, 2.05) is 6.07 Å². The molecule has 20 heavy (non-hydrogen) atoms. The van der Waals surface area contributed by atoms with Crippen LogP contribution in [0.25, 0.3) is 10.9 Å². The van der Waals surface area contributed by atoms with E-state index in [0.717, 1.165) is 0 Å². The number of aromatic hydroxyl groups is 1. The highest BCUT2D eigenvalue weighted by atomic mass is 16.5. The molecular formula is C15H8N2O3. The lowest BCUT2D eigenvalue weighted by Crippen LogP contribution is -2.11. The van der Waals surface area contributed by atoms with Crippen molar-refractivity contribution in [3.63, 3.8) is 0 Å². The normalized spacial score (nSPS) is 13.6. The van der Waals surface area contributed by atoms with Gasteiger partial charge in [-0.1, -0.05) is 17.3 Å². The first-order chi connectivity index (χ1) is 9.75. The monoisotopic (exact) mass is 264 g/mol. The quantitative estimate of drug-likeness (QED) is 0.733. The molecule has 2 aromatic carbocycles. The third-order valence-corrected chi connectivity index (χ3v) is 3.35. The molecule has 1 aliphatic rings. The Morgan fingerprint density at radius 1 is 1.10 bits per heavy atom. The molecule has 1 aliphatic heterocycles. The summed E-state index contributed by atoms with van der Waals surface area (Å²) in [7, 11) is 0. The summed E-state index contributed by atoms with van der Waals surface area (Å²) in [6, 6.07) is 10.2. The first-order valence-corrected chi connectivity index (χ1v) is 6.04. The molecule has 1 N–H and O–H groups in total. The summed E-state index contributed by atoms with van der Waals surface area (Å²) in [5, 5.41) is 14.5. The number of Topliss-reactive ketones (excluding diaryl/α,β-unsaturated/α-hetero) is 1. The second-order valence-electron chi connectivity index (χ2n) is 4.51. The molecule has 4 rings (SSSR count). The van der Waals surface area contributed by atoms with Crippen LogP contribution in [0.5, 0.6) is 5.75 Å². The lowest BCUT2D eigenvalue weighted by atomic mass is 9.99. The Morgan fingerprint density at radius 3 is 2.80 bits per heavy atom. The summed E-state index contributed by atoms with van der Waals surface area (Å²) in [6.07, 6.45) is 1.41. The van der Waals surface area contributed by atoms with E-state index >= 15 is 0 Å². The minimum Gasteiger partial charge on any atom is -0.507 e. The van der Waals surface area contributed by atoms with E-state index in [0.29, 0.717) is 27.7 Å². The van der Waals surface area contributed by atoms with E-state index in [1.165, 1.54) is 12.3 Å². The maximum atomic E-state index is 12.4. The molecule has 0 radical (unpaired) electrons. The van der Waals surface area contributed by atoms with Crippen LogP contribution in [-0.2, 0) is 0 Å². The fourth-order valence-electron chi connectivity index (χ4n) is 2.41. The lowest BCUT2D eigenvalue weighted by molar-refractivity contribution is 0.107. The lowest BCUT2D eigenvalue weighted by Gasteiger charge is -2.03. The maximum Gasteiger partial charge on any atom is 0.214 e. The zero-order valence-corrected chi connectivity index (χ0v) is 10.2. The van der Waals surface area contributed by atoms with E-state index < -0.39 is 0 Å². The van der Waals surface area contributed by atoms with E-state index in [2.05, 4.69) is 10.1 Å². The molecule has 0 unspecified atom stereocenters. The number of phenolic OH excluding ortho intramolecular Hbond substituents is 1. The average Bonchev–Trinajstić information content (AvgIpc) is 3.05. The number of hydrogen-bond donors (Lipinski definition) is 1. The summed E-state index contributed by atoms with van der Waals surface area (Å²) in [6.45, 7) is 0. The van der Waals surface area contributed by atoms with Gasteiger partial charge in [-0.3, -0.25) is 4.79 Å². The molecule has 0 saturated carbocycles. The van der Waals surface area contributed by atoms with Gasteiger partial charge in [0.1, 0.15) is 23.2 Å². The SMILES string of the molecule is O=C1C(c2c(O)ccc3nocc23)=Nc2ccccc21. The van der Waals surface area contributed by atoms with Crippen LogP contribution in [0.1, 0.15) is 15.9 Å². The van der Waals surface area contributed by atoms with Crippen LogP contribution in [0.15, 0.2) is 52.2 Å². The van der Waals surface area contributed by atoms with Gasteiger partial charge in [-0.25, -0.2) is 4.99 Å². The van der Waals surface area contributed by atoms with Gasteiger partial charge in [0.15, 0.2) is 0 Å². The number of carbonyl (C=O) groups is 1. The van der Waals surface area contributed by atoms with Gasteiger partial charge in [-0.15, -0.1) is 0 Å². The fourth-order valence-corrected chi connectivity index (χ4v) is 2.41. The van der Waals surface area contributed by atoms with Crippen LogP contribution in [-0.4, -0.2) is 21.8 Å². The smallest absolute Gasteiger partial charge is 0.214 e. The van der Waals surface area contributed by atoms with Gasteiger partial charge >= 0.3 is 0 Å². The van der Waals surface area contributed by atoms with E-state index in [4.69, 9.17) is 4.52 Å². The van der Waals surface area contributed by atoms with Crippen LogP contribution in [0.3, 0.4) is 0 Å². The molecule has 0 atom stereocenters. The molecule has 0 amide bonds.